The van der Waals surface area contributed by atoms with Crippen molar-refractivity contribution < 1.29 is 4.74 Å². The summed E-state index contributed by atoms with van der Waals surface area (Å²) in [4.78, 5) is 2.44. The van der Waals surface area contributed by atoms with Crippen LogP contribution < -0.4 is 20.7 Å². The number of nitrogens with zero attached hydrogens (tertiary/aromatic N) is 1. The van der Waals surface area contributed by atoms with Crippen molar-refractivity contribution in [2.75, 3.05) is 35.6 Å². The normalized spacial score (nSPS) is 15.5. The van der Waals surface area contributed by atoms with E-state index in [-0.39, 0.29) is 5.54 Å². The molecule has 24 heavy (non-hydrogen) atoms. The minimum atomic E-state index is 0.134. The summed E-state index contributed by atoms with van der Waals surface area (Å²) in [6, 6.07) is 16.1. The number of hydrogen-bond donors (Lipinski definition) is 2. The number of anilines is 3. The van der Waals surface area contributed by atoms with Crippen LogP contribution in [0.1, 0.15) is 26.7 Å². The maximum atomic E-state index is 5.90. The first-order valence-corrected chi connectivity index (χ1v) is 8.76. The summed E-state index contributed by atoms with van der Waals surface area (Å²) in [6.45, 7) is 7.04. The summed E-state index contributed by atoms with van der Waals surface area (Å²) in [6.07, 6.45) is 2.21. The number of ether oxygens (including phenoxy) is 1. The molecule has 0 spiro atoms. The molecule has 0 bridgehead atoms. The minimum Gasteiger partial charge on any atom is -0.492 e. The standard InChI is InChI=1S/C20H27N3O/c1-3-20(4-2)15-23(19-8-6-5-7-18(19)22-20)13-14-24-17-11-9-16(21)10-12-17/h5-12,22H,3-4,13-15,21H2,1-2H3. The van der Waals surface area contributed by atoms with Crippen molar-refractivity contribution in [1.82, 2.24) is 0 Å². The summed E-state index contributed by atoms with van der Waals surface area (Å²) in [5.74, 6) is 0.866. The largest absolute Gasteiger partial charge is 0.492 e. The van der Waals surface area contributed by atoms with Gasteiger partial charge in [0.25, 0.3) is 0 Å². The summed E-state index contributed by atoms with van der Waals surface area (Å²) in [5, 5.41) is 3.76. The molecule has 0 fully saturated rings. The summed E-state index contributed by atoms with van der Waals surface area (Å²) < 4.78 is 5.90. The second kappa shape index (κ2) is 7.04. The number of rotatable bonds is 6. The van der Waals surface area contributed by atoms with Crippen LogP contribution in [0, 0.1) is 0 Å². The van der Waals surface area contributed by atoms with E-state index in [0.29, 0.717) is 6.61 Å². The average molecular weight is 325 g/mol. The molecule has 128 valence electrons. The Morgan fingerprint density at radius 2 is 1.79 bits per heavy atom. The Morgan fingerprint density at radius 3 is 2.50 bits per heavy atom. The summed E-state index contributed by atoms with van der Waals surface area (Å²) in [7, 11) is 0. The molecule has 0 aliphatic carbocycles. The van der Waals surface area contributed by atoms with E-state index in [9.17, 15) is 0 Å². The second-order valence-corrected chi connectivity index (χ2v) is 6.47. The SMILES string of the molecule is CCC1(CC)CN(CCOc2ccc(N)cc2)c2ccccc2N1. The van der Waals surface area contributed by atoms with Gasteiger partial charge in [0.05, 0.1) is 23.5 Å². The van der Waals surface area contributed by atoms with Crippen molar-refractivity contribution >= 4 is 17.1 Å². The molecule has 0 saturated heterocycles. The van der Waals surface area contributed by atoms with Gasteiger partial charge in [0.1, 0.15) is 12.4 Å². The molecule has 1 aliphatic rings. The average Bonchev–Trinajstić information content (AvgIpc) is 2.63. The lowest BCUT2D eigenvalue weighted by Gasteiger charge is -2.45. The monoisotopic (exact) mass is 325 g/mol. The molecule has 2 aromatic rings. The smallest absolute Gasteiger partial charge is 0.119 e. The highest BCUT2D eigenvalue weighted by Crippen LogP contribution is 2.36. The van der Waals surface area contributed by atoms with E-state index in [1.165, 1.54) is 11.4 Å². The molecule has 1 aliphatic heterocycles. The molecule has 0 saturated carbocycles. The molecule has 1 heterocycles. The van der Waals surface area contributed by atoms with Crippen molar-refractivity contribution in [3.8, 4) is 5.75 Å². The predicted octanol–water partition coefficient (Wildman–Crippen LogP) is 4.14. The van der Waals surface area contributed by atoms with E-state index in [1.54, 1.807) is 0 Å². The molecule has 0 atom stereocenters. The molecule has 3 rings (SSSR count). The molecule has 4 heteroatoms. The van der Waals surface area contributed by atoms with Gasteiger partial charge in [-0.3, -0.25) is 0 Å². The highest BCUT2D eigenvalue weighted by molar-refractivity contribution is 5.73. The number of nitrogen functional groups attached to an aromatic ring is 1. The van der Waals surface area contributed by atoms with E-state index in [0.717, 1.165) is 37.4 Å². The third kappa shape index (κ3) is 3.42. The lowest BCUT2D eigenvalue weighted by atomic mass is 9.89. The Labute approximate surface area is 144 Å². The molecule has 4 nitrogen and oxygen atoms in total. The first kappa shape index (κ1) is 16.5. The lowest BCUT2D eigenvalue weighted by molar-refractivity contribution is 0.315. The van der Waals surface area contributed by atoms with Crippen LogP contribution in [0.4, 0.5) is 17.1 Å². The first-order chi connectivity index (χ1) is 11.7. The van der Waals surface area contributed by atoms with Gasteiger partial charge in [-0.15, -0.1) is 0 Å². The topological polar surface area (TPSA) is 50.5 Å². The van der Waals surface area contributed by atoms with Crippen molar-refractivity contribution in [2.45, 2.75) is 32.2 Å². The Balaban J connectivity index is 1.70. The van der Waals surface area contributed by atoms with E-state index >= 15 is 0 Å². The summed E-state index contributed by atoms with van der Waals surface area (Å²) in [5.41, 5.74) is 9.09. The zero-order chi connectivity index (χ0) is 17.0. The van der Waals surface area contributed by atoms with E-state index < -0.39 is 0 Å². The van der Waals surface area contributed by atoms with Crippen LogP contribution >= 0.6 is 0 Å². The fraction of sp³-hybridized carbons (Fsp3) is 0.400. The number of benzene rings is 2. The lowest BCUT2D eigenvalue weighted by Crippen LogP contribution is -2.52. The Kier molecular flexibility index (Phi) is 4.84. The van der Waals surface area contributed by atoms with Crippen LogP contribution in [-0.4, -0.2) is 25.2 Å². The van der Waals surface area contributed by atoms with Crippen molar-refractivity contribution in [2.24, 2.45) is 0 Å². The van der Waals surface area contributed by atoms with Gasteiger partial charge in [0.2, 0.25) is 0 Å². The summed E-state index contributed by atoms with van der Waals surface area (Å²) >= 11 is 0. The van der Waals surface area contributed by atoms with Gasteiger partial charge in [0, 0.05) is 12.2 Å². The third-order valence-electron chi connectivity index (χ3n) is 5.00. The highest BCUT2D eigenvalue weighted by atomic mass is 16.5. The van der Waals surface area contributed by atoms with Crippen LogP contribution in [0.15, 0.2) is 48.5 Å². The molecule has 0 aromatic heterocycles. The van der Waals surface area contributed by atoms with Crippen LogP contribution in [0.3, 0.4) is 0 Å². The van der Waals surface area contributed by atoms with E-state index in [1.807, 2.05) is 24.3 Å². The molecule has 0 radical (unpaired) electrons. The van der Waals surface area contributed by atoms with Gasteiger partial charge in [0.15, 0.2) is 0 Å². The maximum absolute atomic E-state index is 5.90. The number of nitrogens with two attached hydrogens (primary N) is 1. The number of hydrogen-bond acceptors (Lipinski definition) is 4. The van der Waals surface area contributed by atoms with Crippen LogP contribution in [0.2, 0.25) is 0 Å². The van der Waals surface area contributed by atoms with Gasteiger partial charge in [-0.05, 0) is 49.2 Å². The fourth-order valence-corrected chi connectivity index (χ4v) is 3.32. The van der Waals surface area contributed by atoms with Gasteiger partial charge in [-0.2, -0.15) is 0 Å². The molecule has 0 unspecified atom stereocenters. The minimum absolute atomic E-state index is 0.134. The van der Waals surface area contributed by atoms with Crippen LogP contribution in [-0.2, 0) is 0 Å². The van der Waals surface area contributed by atoms with E-state index in [4.69, 9.17) is 10.5 Å². The zero-order valence-corrected chi connectivity index (χ0v) is 14.6. The zero-order valence-electron chi connectivity index (χ0n) is 14.6. The number of nitrogens with one attached hydrogen (secondary N) is 1. The third-order valence-corrected chi connectivity index (χ3v) is 5.00. The Bertz CT molecular complexity index is 665. The maximum Gasteiger partial charge on any atom is 0.119 e. The Morgan fingerprint density at radius 1 is 1.08 bits per heavy atom. The van der Waals surface area contributed by atoms with Gasteiger partial charge in [-0.25, -0.2) is 0 Å². The van der Waals surface area contributed by atoms with Gasteiger partial charge < -0.3 is 20.7 Å². The molecule has 0 amide bonds. The van der Waals surface area contributed by atoms with E-state index in [2.05, 4.69) is 48.3 Å². The first-order valence-electron chi connectivity index (χ1n) is 8.76. The predicted molar refractivity (Wildman–Crippen MR) is 102 cm³/mol. The quantitative estimate of drug-likeness (QED) is 0.784. The van der Waals surface area contributed by atoms with Crippen LogP contribution in [0.25, 0.3) is 0 Å². The number of fused-ring (bicyclic) bond motifs is 1. The van der Waals surface area contributed by atoms with Crippen LogP contribution in [0.5, 0.6) is 5.75 Å². The molecular weight excluding hydrogens is 298 g/mol. The number of para-hydroxylation sites is 2. The molecule has 3 N–H and O–H groups in total. The second-order valence-electron chi connectivity index (χ2n) is 6.47. The molecular formula is C20H27N3O. The molecule has 2 aromatic carbocycles. The highest BCUT2D eigenvalue weighted by Gasteiger charge is 2.34. The van der Waals surface area contributed by atoms with Gasteiger partial charge >= 0.3 is 0 Å². The Hall–Kier alpha value is -2.36. The fourth-order valence-electron chi connectivity index (χ4n) is 3.32. The van der Waals surface area contributed by atoms with Crippen molar-refractivity contribution in [3.63, 3.8) is 0 Å². The van der Waals surface area contributed by atoms with Crippen molar-refractivity contribution in [3.05, 3.63) is 48.5 Å². The van der Waals surface area contributed by atoms with Gasteiger partial charge in [-0.1, -0.05) is 26.0 Å². The van der Waals surface area contributed by atoms with Crippen molar-refractivity contribution in [1.29, 1.82) is 0 Å².